The molecular formula is C27H44FN3O3. The number of methoxy groups -OCH3 is 1. The maximum atomic E-state index is 14.0. The zero-order chi connectivity index (χ0) is 24.2. The van der Waals surface area contributed by atoms with Gasteiger partial charge in [-0.2, -0.15) is 0 Å². The topological polar surface area (TPSA) is 62.8 Å². The van der Waals surface area contributed by atoms with Crippen molar-refractivity contribution in [1.29, 1.82) is 0 Å². The number of urea groups is 1. The average molecular weight is 478 g/mol. The molecule has 0 unspecified atom stereocenters. The van der Waals surface area contributed by atoms with E-state index >= 15 is 0 Å². The number of nitrogens with one attached hydrogen (secondary N) is 2. The van der Waals surface area contributed by atoms with Gasteiger partial charge in [0.15, 0.2) is 0 Å². The summed E-state index contributed by atoms with van der Waals surface area (Å²) in [5.74, 6) is 0.579. The van der Waals surface area contributed by atoms with Gasteiger partial charge in [0.2, 0.25) is 0 Å². The second-order valence-electron chi connectivity index (χ2n) is 9.98. The standard InChI is InChI=1S/C27H44FN3O3/c1-29-19-25(17-21-9-4-3-5-10-21)30-27(32)31-14-7-12-23(20-31)26(34-16-8-15-33-2)22-11-6-13-24(28)18-22/h6,11,13,18,21,23,25-26,29H,3-5,7-10,12,14-17,19-20H2,1-2H3,(H,30,32)/t23-,25+,26+/m1/s1. The summed E-state index contributed by atoms with van der Waals surface area (Å²) < 4.78 is 25.4. The van der Waals surface area contributed by atoms with Gasteiger partial charge in [-0.25, -0.2) is 9.18 Å². The molecule has 0 radical (unpaired) electrons. The normalized spacial score (nSPS) is 21.3. The molecule has 2 fully saturated rings. The summed E-state index contributed by atoms with van der Waals surface area (Å²) in [6.07, 6.45) is 9.98. The first-order valence-electron chi connectivity index (χ1n) is 13.2. The first-order chi connectivity index (χ1) is 16.6. The van der Waals surface area contributed by atoms with Crippen LogP contribution < -0.4 is 10.6 Å². The molecule has 34 heavy (non-hydrogen) atoms. The number of rotatable bonds is 12. The Bertz CT molecular complexity index is 729. The number of carbonyl (C=O) groups excluding carboxylic acids is 1. The molecule has 0 bridgehead atoms. The van der Waals surface area contributed by atoms with Crippen molar-refractivity contribution in [2.75, 3.05) is 47.0 Å². The molecule has 1 aromatic rings. The number of carbonyl (C=O) groups is 1. The molecule has 192 valence electrons. The lowest BCUT2D eigenvalue weighted by atomic mass is 9.85. The van der Waals surface area contributed by atoms with Gasteiger partial charge in [0.05, 0.1) is 6.10 Å². The van der Waals surface area contributed by atoms with Gasteiger partial charge in [0, 0.05) is 51.9 Å². The molecule has 2 aliphatic rings. The van der Waals surface area contributed by atoms with Crippen LogP contribution in [-0.2, 0) is 9.47 Å². The predicted octanol–water partition coefficient (Wildman–Crippen LogP) is 4.90. The van der Waals surface area contributed by atoms with Gasteiger partial charge >= 0.3 is 6.03 Å². The molecule has 2 amide bonds. The number of likely N-dealkylation sites (tertiary alicyclic amines) is 1. The van der Waals surface area contributed by atoms with Gasteiger partial charge in [-0.3, -0.25) is 0 Å². The third-order valence-corrected chi connectivity index (χ3v) is 7.26. The molecule has 1 saturated heterocycles. The molecule has 1 aliphatic carbocycles. The highest BCUT2D eigenvalue weighted by atomic mass is 19.1. The quantitative estimate of drug-likeness (QED) is 0.421. The monoisotopic (exact) mass is 477 g/mol. The van der Waals surface area contributed by atoms with Crippen molar-refractivity contribution in [2.24, 2.45) is 11.8 Å². The zero-order valence-corrected chi connectivity index (χ0v) is 21.1. The van der Waals surface area contributed by atoms with E-state index in [-0.39, 0.29) is 29.9 Å². The van der Waals surface area contributed by atoms with Gasteiger partial charge in [-0.15, -0.1) is 0 Å². The van der Waals surface area contributed by atoms with Crippen LogP contribution in [-0.4, -0.2) is 64.0 Å². The van der Waals surface area contributed by atoms with E-state index < -0.39 is 0 Å². The van der Waals surface area contributed by atoms with Crippen LogP contribution in [0.4, 0.5) is 9.18 Å². The number of likely N-dealkylation sites (N-methyl/N-ethyl adjacent to an activating group) is 1. The summed E-state index contributed by atoms with van der Waals surface area (Å²) in [6, 6.07) is 6.84. The van der Waals surface area contributed by atoms with E-state index in [0.717, 1.165) is 44.3 Å². The molecule has 7 heteroatoms. The summed E-state index contributed by atoms with van der Waals surface area (Å²) >= 11 is 0. The maximum absolute atomic E-state index is 14.0. The highest BCUT2D eigenvalue weighted by Crippen LogP contribution is 2.33. The Balaban J connectivity index is 1.62. The lowest BCUT2D eigenvalue weighted by molar-refractivity contribution is -0.0169. The molecule has 2 N–H and O–H groups in total. The lowest BCUT2D eigenvalue weighted by Gasteiger charge is -2.38. The number of nitrogens with zero attached hydrogens (tertiary/aromatic N) is 1. The fourth-order valence-electron chi connectivity index (χ4n) is 5.57. The first-order valence-corrected chi connectivity index (χ1v) is 13.2. The minimum absolute atomic E-state index is 0.0122. The highest BCUT2D eigenvalue weighted by Gasteiger charge is 2.32. The summed E-state index contributed by atoms with van der Waals surface area (Å²) in [5.41, 5.74) is 0.843. The van der Waals surface area contributed by atoms with Crippen LogP contribution >= 0.6 is 0 Å². The van der Waals surface area contributed by atoms with Crippen molar-refractivity contribution in [3.63, 3.8) is 0 Å². The van der Waals surface area contributed by atoms with Gasteiger partial charge in [-0.05, 0) is 56.3 Å². The molecule has 1 saturated carbocycles. The minimum atomic E-state index is -0.258. The Kier molecular flexibility index (Phi) is 11.6. The van der Waals surface area contributed by atoms with Crippen LogP contribution in [0.15, 0.2) is 24.3 Å². The molecule has 1 aliphatic heterocycles. The Labute approximate surface area is 204 Å². The Morgan fingerprint density at radius 2 is 2.00 bits per heavy atom. The second kappa shape index (κ2) is 14.6. The van der Waals surface area contributed by atoms with Crippen LogP contribution in [0.1, 0.15) is 69.5 Å². The largest absolute Gasteiger partial charge is 0.385 e. The van der Waals surface area contributed by atoms with Gasteiger partial charge < -0.3 is 25.0 Å². The molecular weight excluding hydrogens is 433 g/mol. The van der Waals surface area contributed by atoms with Crippen molar-refractivity contribution in [2.45, 2.75) is 69.9 Å². The van der Waals surface area contributed by atoms with Crippen molar-refractivity contribution in [1.82, 2.24) is 15.5 Å². The SMILES string of the molecule is CNC[C@H](CC1CCCCC1)NC(=O)N1CCC[C@@H]([C@@H](OCCCOC)c2cccc(F)c2)C1. The van der Waals surface area contributed by atoms with Crippen LogP contribution in [0, 0.1) is 17.7 Å². The molecule has 6 nitrogen and oxygen atoms in total. The predicted molar refractivity (Wildman–Crippen MR) is 133 cm³/mol. The highest BCUT2D eigenvalue weighted by molar-refractivity contribution is 5.74. The van der Waals surface area contributed by atoms with E-state index in [1.807, 2.05) is 18.0 Å². The number of amides is 2. The first kappa shape index (κ1) is 26.9. The molecule has 0 spiro atoms. The van der Waals surface area contributed by atoms with E-state index in [0.29, 0.717) is 25.7 Å². The van der Waals surface area contributed by atoms with Gasteiger partial charge in [0.1, 0.15) is 5.82 Å². The number of hydrogen-bond donors (Lipinski definition) is 2. The minimum Gasteiger partial charge on any atom is -0.385 e. The van der Waals surface area contributed by atoms with E-state index in [1.54, 1.807) is 19.2 Å². The zero-order valence-electron chi connectivity index (χ0n) is 21.1. The molecule has 3 rings (SSSR count). The second-order valence-corrected chi connectivity index (χ2v) is 9.98. The maximum Gasteiger partial charge on any atom is 0.317 e. The fourth-order valence-corrected chi connectivity index (χ4v) is 5.57. The third kappa shape index (κ3) is 8.51. The molecule has 1 heterocycles. The van der Waals surface area contributed by atoms with Crippen molar-refractivity contribution < 1.29 is 18.7 Å². The molecule has 3 atom stereocenters. The number of hydrogen-bond acceptors (Lipinski definition) is 4. The summed E-state index contributed by atoms with van der Waals surface area (Å²) in [6.45, 7) is 3.32. The third-order valence-electron chi connectivity index (χ3n) is 7.26. The Morgan fingerprint density at radius 1 is 1.18 bits per heavy atom. The van der Waals surface area contributed by atoms with Gasteiger partial charge in [0.25, 0.3) is 0 Å². The number of ether oxygens (including phenoxy) is 2. The van der Waals surface area contributed by atoms with E-state index in [2.05, 4.69) is 10.6 Å². The smallest absolute Gasteiger partial charge is 0.317 e. The Hall–Kier alpha value is -1.70. The summed E-state index contributed by atoms with van der Waals surface area (Å²) in [5, 5.41) is 6.56. The summed E-state index contributed by atoms with van der Waals surface area (Å²) in [4.78, 5) is 15.2. The van der Waals surface area contributed by atoms with Crippen molar-refractivity contribution in [3.05, 3.63) is 35.6 Å². The van der Waals surface area contributed by atoms with Crippen molar-refractivity contribution in [3.8, 4) is 0 Å². The van der Waals surface area contributed by atoms with Crippen LogP contribution in [0.3, 0.4) is 0 Å². The van der Waals surface area contributed by atoms with Crippen LogP contribution in [0.2, 0.25) is 0 Å². The van der Waals surface area contributed by atoms with Crippen molar-refractivity contribution >= 4 is 6.03 Å². The summed E-state index contributed by atoms with van der Waals surface area (Å²) in [7, 11) is 3.62. The number of piperidine rings is 1. The fraction of sp³-hybridized carbons (Fsp3) is 0.741. The van der Waals surface area contributed by atoms with Crippen LogP contribution in [0.5, 0.6) is 0 Å². The lowest BCUT2D eigenvalue weighted by Crippen LogP contribution is -2.52. The molecule has 1 aromatic carbocycles. The van der Waals surface area contributed by atoms with E-state index in [9.17, 15) is 9.18 Å². The number of benzene rings is 1. The van der Waals surface area contributed by atoms with E-state index in [1.165, 1.54) is 38.2 Å². The Morgan fingerprint density at radius 3 is 2.74 bits per heavy atom. The van der Waals surface area contributed by atoms with Gasteiger partial charge in [-0.1, -0.05) is 44.2 Å². The average Bonchev–Trinajstić information content (AvgIpc) is 2.85. The van der Waals surface area contributed by atoms with Crippen LogP contribution in [0.25, 0.3) is 0 Å². The molecule has 0 aromatic heterocycles. The van der Waals surface area contributed by atoms with E-state index in [4.69, 9.17) is 9.47 Å². The number of halogens is 1.